The quantitative estimate of drug-likeness (QED) is 0.669. The number of hydrogen-bond donors (Lipinski definition) is 1. The van der Waals surface area contributed by atoms with Gasteiger partial charge in [0.15, 0.2) is 0 Å². The lowest BCUT2D eigenvalue weighted by Crippen LogP contribution is -2.17. The van der Waals surface area contributed by atoms with Crippen molar-refractivity contribution in [3.8, 4) is 0 Å². The summed E-state index contributed by atoms with van der Waals surface area (Å²) in [4.78, 5) is 0. The van der Waals surface area contributed by atoms with Gasteiger partial charge in [0.2, 0.25) is 0 Å². The third kappa shape index (κ3) is 16.6. The molecule has 3 nitrogen and oxygen atoms in total. The van der Waals surface area contributed by atoms with E-state index in [0.29, 0.717) is 0 Å². The molecule has 0 spiro atoms. The topological polar surface area (TPSA) is 44.5 Å². The summed E-state index contributed by atoms with van der Waals surface area (Å²) in [5.74, 6) is 0. The summed E-state index contributed by atoms with van der Waals surface area (Å²) in [7, 11) is -1.20. The van der Waals surface area contributed by atoms with Crippen LogP contribution in [0.4, 0.5) is 0 Å². The van der Waals surface area contributed by atoms with Gasteiger partial charge in [-0.3, -0.25) is 0 Å². The van der Waals surface area contributed by atoms with Crippen molar-refractivity contribution in [3.05, 3.63) is 0 Å². The minimum absolute atomic E-state index is 0.785. The predicted octanol–water partition coefficient (Wildman–Crippen LogP) is 1.26. The maximum absolute atomic E-state index is 5.20. The molecule has 0 aliphatic rings. The largest absolute Gasteiger partial charge is 0.397 e. The highest BCUT2D eigenvalue weighted by Crippen LogP contribution is 1.85. The Morgan fingerprint density at radius 3 is 1.58 bits per heavy atom. The van der Waals surface area contributed by atoms with Gasteiger partial charge in [0.25, 0.3) is 0 Å². The Bertz CT molecular complexity index is 66.1. The molecule has 0 aromatic heterocycles. The molecule has 0 aliphatic heterocycles. The van der Waals surface area contributed by atoms with Crippen molar-refractivity contribution >= 4 is 9.28 Å². The van der Waals surface area contributed by atoms with E-state index in [4.69, 9.17) is 14.6 Å². The second kappa shape index (κ2) is 13.7. The minimum atomic E-state index is -1.20. The fourth-order valence-corrected chi connectivity index (χ4v) is 1.55. The summed E-state index contributed by atoms with van der Waals surface area (Å²) in [5, 5.41) is 0. The van der Waals surface area contributed by atoms with Gasteiger partial charge in [-0.15, -0.1) is 0 Å². The monoisotopic (exact) mass is 193 g/mol. The summed E-state index contributed by atoms with van der Waals surface area (Å²) in [6, 6.07) is 0. The Balaban J connectivity index is 0. The van der Waals surface area contributed by atoms with Crippen molar-refractivity contribution in [1.82, 2.24) is 0 Å². The lowest BCUT2D eigenvalue weighted by Gasteiger charge is -2.07. The highest BCUT2D eigenvalue weighted by atomic mass is 28.3. The molecule has 0 fully saturated rings. The van der Waals surface area contributed by atoms with Crippen LogP contribution in [0, 0.1) is 0 Å². The molecule has 0 rings (SSSR count). The molecule has 0 saturated carbocycles. The van der Waals surface area contributed by atoms with Crippen molar-refractivity contribution < 1.29 is 8.85 Å². The third-order valence-electron chi connectivity index (χ3n) is 1.09. The van der Waals surface area contributed by atoms with E-state index in [1.165, 1.54) is 0 Å². The molecule has 12 heavy (non-hydrogen) atoms. The molecule has 2 N–H and O–H groups in total. The van der Waals surface area contributed by atoms with Gasteiger partial charge in [0.05, 0.1) is 0 Å². The fraction of sp³-hybridized carbons (Fsp3) is 1.00. The van der Waals surface area contributed by atoms with Gasteiger partial charge in [-0.05, 0) is 33.4 Å². The van der Waals surface area contributed by atoms with E-state index in [9.17, 15) is 0 Å². The first kappa shape index (κ1) is 14.6. The van der Waals surface area contributed by atoms with Gasteiger partial charge in [0.1, 0.15) is 0 Å². The average Bonchev–Trinajstić information content (AvgIpc) is 2.06. The SMILES string of the molecule is CCCN.CCO[SiH](C)OCC. The van der Waals surface area contributed by atoms with Crippen molar-refractivity contribution in [3.63, 3.8) is 0 Å². The number of rotatable bonds is 5. The molecule has 76 valence electrons. The zero-order chi connectivity index (χ0) is 9.82. The normalized spacial score (nSPS) is 9.50. The second-order valence-electron chi connectivity index (χ2n) is 2.27. The van der Waals surface area contributed by atoms with Crippen molar-refractivity contribution in [1.29, 1.82) is 0 Å². The lowest BCUT2D eigenvalue weighted by atomic mass is 10.5. The van der Waals surface area contributed by atoms with Gasteiger partial charge in [0, 0.05) is 13.2 Å². The van der Waals surface area contributed by atoms with Crippen LogP contribution in [0.3, 0.4) is 0 Å². The zero-order valence-corrected chi connectivity index (χ0v) is 9.95. The molecular weight excluding hydrogens is 170 g/mol. The zero-order valence-electron chi connectivity index (χ0n) is 8.80. The fourth-order valence-electron chi connectivity index (χ4n) is 0.518. The van der Waals surface area contributed by atoms with E-state index in [1.807, 2.05) is 20.4 Å². The van der Waals surface area contributed by atoms with E-state index in [0.717, 1.165) is 26.2 Å². The van der Waals surface area contributed by atoms with E-state index in [2.05, 4.69) is 6.92 Å². The predicted molar refractivity (Wildman–Crippen MR) is 55.6 cm³/mol. The molecule has 0 atom stereocenters. The summed E-state index contributed by atoms with van der Waals surface area (Å²) >= 11 is 0. The number of nitrogens with two attached hydrogens (primary N) is 1. The first-order valence-corrected chi connectivity index (χ1v) is 6.75. The Kier molecular flexibility index (Phi) is 16.6. The van der Waals surface area contributed by atoms with Crippen LogP contribution in [0.15, 0.2) is 0 Å². The Hall–Kier alpha value is 0.0969. The van der Waals surface area contributed by atoms with Crippen LogP contribution in [-0.4, -0.2) is 29.0 Å². The molecule has 0 amide bonds. The first-order chi connectivity index (χ1) is 5.72. The Labute approximate surface area is 78.1 Å². The molecule has 0 saturated heterocycles. The molecule has 0 aromatic carbocycles. The summed E-state index contributed by atoms with van der Waals surface area (Å²) < 4.78 is 10.4. The minimum Gasteiger partial charge on any atom is -0.397 e. The summed E-state index contributed by atoms with van der Waals surface area (Å²) in [6.45, 7) is 10.5. The average molecular weight is 193 g/mol. The van der Waals surface area contributed by atoms with Gasteiger partial charge < -0.3 is 14.6 Å². The standard InChI is InChI=1S/C5H14O2Si.C3H9N/c1-4-6-8(3)7-5-2;1-2-3-4/h8H,4-5H2,1-3H3;2-4H2,1H3. The van der Waals surface area contributed by atoms with Crippen LogP contribution in [0.1, 0.15) is 27.2 Å². The summed E-state index contributed by atoms with van der Waals surface area (Å²) in [6.07, 6.45) is 1.10. The Morgan fingerprint density at radius 1 is 1.08 bits per heavy atom. The van der Waals surface area contributed by atoms with Gasteiger partial charge in [-0.1, -0.05) is 6.92 Å². The van der Waals surface area contributed by atoms with E-state index < -0.39 is 9.28 Å². The maximum atomic E-state index is 5.20. The lowest BCUT2D eigenvalue weighted by molar-refractivity contribution is 0.219. The highest BCUT2D eigenvalue weighted by Gasteiger charge is 1.99. The van der Waals surface area contributed by atoms with Crippen LogP contribution in [-0.2, 0) is 8.85 Å². The van der Waals surface area contributed by atoms with Crippen LogP contribution in [0.2, 0.25) is 6.55 Å². The van der Waals surface area contributed by atoms with Gasteiger partial charge in [-0.2, -0.15) is 0 Å². The highest BCUT2D eigenvalue weighted by molar-refractivity contribution is 6.42. The molecular formula is C8H23NO2Si. The van der Waals surface area contributed by atoms with Crippen molar-refractivity contribution in [2.24, 2.45) is 5.73 Å². The van der Waals surface area contributed by atoms with Crippen LogP contribution in [0.5, 0.6) is 0 Å². The van der Waals surface area contributed by atoms with Crippen LogP contribution < -0.4 is 5.73 Å². The molecule has 0 unspecified atom stereocenters. The molecule has 0 aliphatic carbocycles. The van der Waals surface area contributed by atoms with Crippen molar-refractivity contribution in [2.75, 3.05) is 19.8 Å². The smallest absolute Gasteiger partial charge is 0.318 e. The van der Waals surface area contributed by atoms with E-state index >= 15 is 0 Å². The second-order valence-corrected chi connectivity index (χ2v) is 4.07. The maximum Gasteiger partial charge on any atom is 0.318 e. The third-order valence-corrected chi connectivity index (χ3v) is 2.70. The van der Waals surface area contributed by atoms with Crippen molar-refractivity contribution in [2.45, 2.75) is 33.7 Å². The first-order valence-electron chi connectivity index (χ1n) is 4.66. The molecule has 0 heterocycles. The van der Waals surface area contributed by atoms with Crippen LogP contribution in [0.25, 0.3) is 0 Å². The summed E-state index contributed by atoms with van der Waals surface area (Å²) in [5.41, 5.74) is 5.03. The number of hydrogen-bond acceptors (Lipinski definition) is 3. The van der Waals surface area contributed by atoms with Gasteiger partial charge in [-0.25, -0.2) is 0 Å². The molecule has 0 bridgehead atoms. The van der Waals surface area contributed by atoms with E-state index in [1.54, 1.807) is 0 Å². The van der Waals surface area contributed by atoms with Gasteiger partial charge >= 0.3 is 9.28 Å². The van der Waals surface area contributed by atoms with Crippen LogP contribution >= 0.6 is 0 Å². The van der Waals surface area contributed by atoms with E-state index in [-0.39, 0.29) is 0 Å². The molecule has 0 aromatic rings. The molecule has 4 heteroatoms. The molecule has 0 radical (unpaired) electrons. The Morgan fingerprint density at radius 2 is 1.42 bits per heavy atom.